The second kappa shape index (κ2) is 14.5. The first-order valence-electron chi connectivity index (χ1n) is 7.16. The lowest BCUT2D eigenvalue weighted by atomic mass is 10.1. The molecule has 0 bridgehead atoms. The van der Waals surface area contributed by atoms with Gasteiger partial charge >= 0.3 is 0 Å². The highest BCUT2D eigenvalue weighted by Gasteiger charge is 2.01. The van der Waals surface area contributed by atoms with Crippen LogP contribution in [0, 0.1) is 17.8 Å². The van der Waals surface area contributed by atoms with E-state index >= 15 is 0 Å². The van der Waals surface area contributed by atoms with Crippen molar-refractivity contribution in [2.75, 3.05) is 0 Å². The third-order valence-corrected chi connectivity index (χ3v) is 2.49. The van der Waals surface area contributed by atoms with Gasteiger partial charge in [-0.3, -0.25) is 4.79 Å². The number of carbonyl (C=O) groups excluding carboxylic acids is 1. The van der Waals surface area contributed by atoms with E-state index in [1.54, 1.807) is 6.92 Å². The van der Waals surface area contributed by atoms with Crippen molar-refractivity contribution in [1.82, 2.24) is 0 Å². The van der Waals surface area contributed by atoms with Gasteiger partial charge in [-0.25, -0.2) is 0 Å². The van der Waals surface area contributed by atoms with Gasteiger partial charge < -0.3 is 0 Å². The smallest absolute Gasteiger partial charge is 0.132 e. The van der Waals surface area contributed by atoms with Crippen LogP contribution in [0.2, 0.25) is 0 Å². The van der Waals surface area contributed by atoms with E-state index in [0.717, 1.165) is 18.4 Å². The Morgan fingerprint density at radius 1 is 1.16 bits per heavy atom. The third-order valence-electron chi connectivity index (χ3n) is 2.49. The molecule has 0 saturated carbocycles. The largest absolute Gasteiger partial charge is 0.300 e. The lowest BCUT2D eigenvalue weighted by Crippen LogP contribution is -2.03. The zero-order valence-corrected chi connectivity index (χ0v) is 13.3. The summed E-state index contributed by atoms with van der Waals surface area (Å²) >= 11 is 0. The fraction of sp³-hybridized carbons (Fsp3) is 0.500. The van der Waals surface area contributed by atoms with Crippen LogP contribution in [0.4, 0.5) is 0 Å². The van der Waals surface area contributed by atoms with E-state index in [1.807, 2.05) is 58.0 Å². The molecule has 1 nitrogen and oxygen atoms in total. The Morgan fingerprint density at radius 3 is 2.00 bits per heavy atom. The maximum atomic E-state index is 10.4. The first-order valence-corrected chi connectivity index (χ1v) is 7.16. The van der Waals surface area contributed by atoms with Crippen molar-refractivity contribution in [3.63, 3.8) is 0 Å². The van der Waals surface area contributed by atoms with Crippen LogP contribution in [0.5, 0.6) is 0 Å². The first kappa shape index (κ1) is 19.8. The average molecular weight is 260 g/mol. The molecule has 1 aromatic rings. The molecule has 1 rings (SSSR count). The molecule has 0 amide bonds. The van der Waals surface area contributed by atoms with E-state index in [2.05, 4.69) is 18.8 Å². The van der Waals surface area contributed by atoms with Gasteiger partial charge in [0, 0.05) is 17.9 Å². The number of benzene rings is 1. The van der Waals surface area contributed by atoms with Gasteiger partial charge in [0.2, 0.25) is 0 Å². The predicted octanol–water partition coefficient (Wildman–Crippen LogP) is 5.10. The van der Waals surface area contributed by atoms with Crippen molar-refractivity contribution in [1.29, 1.82) is 0 Å². The predicted molar refractivity (Wildman–Crippen MR) is 85.1 cm³/mol. The van der Waals surface area contributed by atoms with Gasteiger partial charge in [-0.05, 0) is 25.5 Å². The standard InChI is InChI=1S/C10H10.C6H12O.C2H6/c1-2-3-7-10-8-5-4-6-9-10;1-4-5(2)6(3)7;1-2/h4-6,8-9H,2H2,1H3;5H,4H2,1-3H3;1-2H3. The number of hydrogen-bond acceptors (Lipinski definition) is 1. The minimum absolute atomic E-state index is 0.264. The Labute approximate surface area is 119 Å². The number of carbonyl (C=O) groups is 1. The Kier molecular flexibility index (Phi) is 15.1. The van der Waals surface area contributed by atoms with Crippen LogP contribution >= 0.6 is 0 Å². The van der Waals surface area contributed by atoms with E-state index in [1.165, 1.54) is 0 Å². The van der Waals surface area contributed by atoms with Crippen LogP contribution in [0.25, 0.3) is 0 Å². The molecule has 106 valence electrons. The van der Waals surface area contributed by atoms with Gasteiger partial charge in [-0.1, -0.05) is 64.7 Å². The summed E-state index contributed by atoms with van der Waals surface area (Å²) in [5.41, 5.74) is 1.10. The summed E-state index contributed by atoms with van der Waals surface area (Å²) in [5.74, 6) is 6.62. The van der Waals surface area contributed by atoms with Crippen molar-refractivity contribution in [3.8, 4) is 11.8 Å². The van der Waals surface area contributed by atoms with E-state index in [-0.39, 0.29) is 5.92 Å². The van der Waals surface area contributed by atoms with Gasteiger partial charge in [0.05, 0.1) is 0 Å². The minimum atomic E-state index is 0.264. The van der Waals surface area contributed by atoms with Crippen LogP contribution < -0.4 is 0 Å². The summed E-state index contributed by atoms with van der Waals surface area (Å²) in [5, 5.41) is 0. The zero-order valence-electron chi connectivity index (χ0n) is 13.3. The molecule has 0 heterocycles. The summed E-state index contributed by atoms with van der Waals surface area (Å²) in [6, 6.07) is 10.0. The fourth-order valence-corrected chi connectivity index (χ4v) is 0.999. The third kappa shape index (κ3) is 12.7. The molecule has 1 aromatic carbocycles. The van der Waals surface area contributed by atoms with Gasteiger partial charge in [0.15, 0.2) is 0 Å². The molecule has 0 aromatic heterocycles. The Hall–Kier alpha value is -1.55. The highest BCUT2D eigenvalue weighted by atomic mass is 16.1. The molecule has 0 N–H and O–H groups in total. The number of hydrogen-bond donors (Lipinski definition) is 0. The summed E-state index contributed by atoms with van der Waals surface area (Å²) in [6.07, 6.45) is 1.89. The molecule has 0 aliphatic rings. The molecular weight excluding hydrogens is 232 g/mol. The summed E-state index contributed by atoms with van der Waals surface area (Å²) in [7, 11) is 0. The van der Waals surface area contributed by atoms with Gasteiger partial charge in [-0.15, -0.1) is 0 Å². The van der Waals surface area contributed by atoms with E-state index in [9.17, 15) is 4.79 Å². The van der Waals surface area contributed by atoms with Crippen molar-refractivity contribution < 1.29 is 4.79 Å². The van der Waals surface area contributed by atoms with Crippen molar-refractivity contribution in [3.05, 3.63) is 35.9 Å². The Bertz CT molecular complexity index is 368. The summed E-state index contributed by atoms with van der Waals surface area (Å²) < 4.78 is 0. The molecule has 0 saturated heterocycles. The van der Waals surface area contributed by atoms with Crippen LogP contribution in [0.15, 0.2) is 30.3 Å². The van der Waals surface area contributed by atoms with E-state index < -0.39 is 0 Å². The van der Waals surface area contributed by atoms with Crippen molar-refractivity contribution in [2.24, 2.45) is 5.92 Å². The van der Waals surface area contributed by atoms with Gasteiger partial charge in [0.25, 0.3) is 0 Å². The van der Waals surface area contributed by atoms with Crippen LogP contribution in [0.1, 0.15) is 59.9 Å². The SMILES string of the molecule is CC.CCC#Cc1ccccc1.CCC(C)C(C)=O. The van der Waals surface area contributed by atoms with Crippen LogP contribution in [-0.4, -0.2) is 5.78 Å². The monoisotopic (exact) mass is 260 g/mol. The van der Waals surface area contributed by atoms with Crippen LogP contribution in [-0.2, 0) is 4.79 Å². The van der Waals surface area contributed by atoms with E-state index in [0.29, 0.717) is 5.78 Å². The molecule has 1 atom stereocenters. The second-order valence-electron chi connectivity index (χ2n) is 3.94. The first-order chi connectivity index (χ1) is 9.11. The molecule has 1 unspecified atom stereocenters. The Morgan fingerprint density at radius 2 is 1.68 bits per heavy atom. The molecule has 19 heavy (non-hydrogen) atoms. The zero-order chi connectivity index (χ0) is 15.1. The summed E-state index contributed by atoms with van der Waals surface area (Å²) in [4.78, 5) is 10.4. The lowest BCUT2D eigenvalue weighted by molar-refractivity contribution is -0.120. The topological polar surface area (TPSA) is 17.1 Å². The lowest BCUT2D eigenvalue weighted by Gasteiger charge is -1.98. The molecular formula is C18H28O. The number of Topliss-reactive ketones (excluding diaryl/α,β-unsaturated/α-hetero) is 1. The number of ketones is 1. The fourth-order valence-electron chi connectivity index (χ4n) is 0.999. The van der Waals surface area contributed by atoms with Crippen molar-refractivity contribution >= 4 is 5.78 Å². The summed E-state index contributed by atoms with van der Waals surface area (Å²) in [6.45, 7) is 11.7. The minimum Gasteiger partial charge on any atom is -0.300 e. The molecule has 0 fully saturated rings. The average Bonchev–Trinajstić information content (AvgIpc) is 2.48. The maximum absolute atomic E-state index is 10.4. The van der Waals surface area contributed by atoms with Gasteiger partial charge in [0.1, 0.15) is 5.78 Å². The quantitative estimate of drug-likeness (QED) is 0.676. The van der Waals surface area contributed by atoms with Gasteiger partial charge in [-0.2, -0.15) is 0 Å². The molecule has 1 heteroatoms. The molecule has 0 aliphatic carbocycles. The second-order valence-corrected chi connectivity index (χ2v) is 3.94. The Balaban J connectivity index is 0. The van der Waals surface area contributed by atoms with E-state index in [4.69, 9.17) is 0 Å². The van der Waals surface area contributed by atoms with Crippen LogP contribution in [0.3, 0.4) is 0 Å². The highest BCUT2D eigenvalue weighted by Crippen LogP contribution is 1.99. The molecule has 0 aliphatic heterocycles. The van der Waals surface area contributed by atoms with Crippen molar-refractivity contribution in [2.45, 2.75) is 54.4 Å². The normalized spacial score (nSPS) is 9.58. The maximum Gasteiger partial charge on any atom is 0.132 e. The molecule has 0 spiro atoms. The molecule has 0 radical (unpaired) electrons. The highest BCUT2D eigenvalue weighted by molar-refractivity contribution is 5.77. The number of rotatable bonds is 2.